The van der Waals surface area contributed by atoms with Crippen LogP contribution >= 0.6 is 11.8 Å². The van der Waals surface area contributed by atoms with Crippen LogP contribution in [0.15, 0.2) is 11.6 Å². The molecule has 0 radical (unpaired) electrons. The lowest BCUT2D eigenvalue weighted by Crippen LogP contribution is -2.46. The van der Waals surface area contributed by atoms with Crippen molar-refractivity contribution in [1.29, 1.82) is 0 Å². The Kier molecular flexibility index (Phi) is 12.9. The number of likely N-dealkylation sites (N-methyl/N-ethyl adjacent to an activating group) is 2. The molecule has 0 aromatic carbocycles. The maximum absolute atomic E-state index is 12.5. The Morgan fingerprint density at radius 1 is 1.14 bits per heavy atom. The SMILES string of the molecule is CCOC(=O)/C(C)=C/[C@H](C(C)C)N(C)C(=O)CNC(=O)CN(C)CSC(C)C. The van der Waals surface area contributed by atoms with Crippen LogP contribution in [-0.2, 0) is 19.1 Å². The smallest absolute Gasteiger partial charge is 0.333 e. The fourth-order valence-electron chi connectivity index (χ4n) is 2.41. The van der Waals surface area contributed by atoms with E-state index < -0.39 is 0 Å². The highest BCUT2D eigenvalue weighted by molar-refractivity contribution is 7.99. The van der Waals surface area contributed by atoms with Crippen LogP contribution in [0.5, 0.6) is 0 Å². The van der Waals surface area contributed by atoms with Crippen molar-refractivity contribution in [3.05, 3.63) is 11.6 Å². The van der Waals surface area contributed by atoms with Gasteiger partial charge in [-0.1, -0.05) is 33.8 Å². The Labute approximate surface area is 174 Å². The third-order valence-corrected chi connectivity index (χ3v) is 5.28. The first-order chi connectivity index (χ1) is 13.0. The summed E-state index contributed by atoms with van der Waals surface area (Å²) in [5, 5.41) is 3.18. The first-order valence-corrected chi connectivity index (χ1v) is 10.7. The normalized spacial score (nSPS) is 13.0. The molecule has 0 aliphatic heterocycles. The second-order valence-electron chi connectivity index (χ2n) is 7.44. The lowest BCUT2D eigenvalue weighted by atomic mass is 10.00. The minimum absolute atomic E-state index is 0.0734. The van der Waals surface area contributed by atoms with E-state index in [2.05, 4.69) is 19.2 Å². The summed E-state index contributed by atoms with van der Waals surface area (Å²) in [5.74, 6) is 0.0803. The number of carbonyl (C=O) groups excluding carboxylic acids is 3. The molecule has 2 amide bonds. The molecular weight excluding hydrogens is 378 g/mol. The van der Waals surface area contributed by atoms with Gasteiger partial charge in [-0.15, -0.1) is 11.8 Å². The van der Waals surface area contributed by atoms with Gasteiger partial charge in [0.1, 0.15) is 0 Å². The number of hydrogen-bond acceptors (Lipinski definition) is 6. The second-order valence-corrected chi connectivity index (χ2v) is 8.98. The van der Waals surface area contributed by atoms with Gasteiger partial charge in [0.15, 0.2) is 0 Å². The molecule has 0 unspecified atom stereocenters. The molecule has 0 spiro atoms. The topological polar surface area (TPSA) is 79.0 Å². The zero-order chi connectivity index (χ0) is 21.9. The zero-order valence-electron chi connectivity index (χ0n) is 18.6. The predicted octanol–water partition coefficient (Wildman–Crippen LogP) is 2.13. The molecule has 0 saturated carbocycles. The van der Waals surface area contributed by atoms with Gasteiger partial charge in [-0.25, -0.2) is 4.79 Å². The monoisotopic (exact) mass is 415 g/mol. The molecule has 0 bridgehead atoms. The quantitative estimate of drug-likeness (QED) is 0.299. The van der Waals surface area contributed by atoms with Gasteiger partial charge in [-0.05, 0) is 26.8 Å². The van der Waals surface area contributed by atoms with Crippen LogP contribution in [0.4, 0.5) is 0 Å². The van der Waals surface area contributed by atoms with Crippen molar-refractivity contribution in [1.82, 2.24) is 15.1 Å². The van der Waals surface area contributed by atoms with E-state index in [9.17, 15) is 14.4 Å². The summed E-state index contributed by atoms with van der Waals surface area (Å²) in [4.78, 5) is 39.9. The summed E-state index contributed by atoms with van der Waals surface area (Å²) in [5.41, 5.74) is 0.466. The van der Waals surface area contributed by atoms with Gasteiger partial charge in [0.05, 0.1) is 25.7 Å². The number of hydrogen-bond donors (Lipinski definition) is 1. The number of nitrogens with zero attached hydrogens (tertiary/aromatic N) is 2. The van der Waals surface area contributed by atoms with Crippen molar-refractivity contribution in [2.24, 2.45) is 5.92 Å². The minimum atomic E-state index is -0.385. The van der Waals surface area contributed by atoms with E-state index in [0.717, 1.165) is 5.88 Å². The number of carbonyl (C=O) groups is 3. The summed E-state index contributed by atoms with van der Waals surface area (Å²) in [6.45, 7) is 12.1. The summed E-state index contributed by atoms with van der Waals surface area (Å²) < 4.78 is 5.00. The van der Waals surface area contributed by atoms with Crippen LogP contribution in [0.3, 0.4) is 0 Å². The van der Waals surface area contributed by atoms with Gasteiger partial charge in [0.2, 0.25) is 11.8 Å². The van der Waals surface area contributed by atoms with Crippen LogP contribution in [0.1, 0.15) is 41.5 Å². The van der Waals surface area contributed by atoms with Crippen molar-refractivity contribution in [2.45, 2.75) is 52.8 Å². The Hall–Kier alpha value is -1.54. The van der Waals surface area contributed by atoms with E-state index >= 15 is 0 Å². The first-order valence-electron chi connectivity index (χ1n) is 9.67. The molecule has 0 fully saturated rings. The highest BCUT2D eigenvalue weighted by Gasteiger charge is 2.23. The van der Waals surface area contributed by atoms with Gasteiger partial charge in [-0.2, -0.15) is 0 Å². The Balaban J connectivity index is 4.73. The van der Waals surface area contributed by atoms with E-state index in [1.165, 1.54) is 0 Å². The lowest BCUT2D eigenvalue weighted by molar-refractivity contribution is -0.138. The summed E-state index contributed by atoms with van der Waals surface area (Å²) in [6, 6.07) is -0.265. The van der Waals surface area contributed by atoms with Crippen molar-refractivity contribution in [2.75, 3.05) is 39.7 Å². The van der Waals surface area contributed by atoms with Crippen LogP contribution < -0.4 is 5.32 Å². The fraction of sp³-hybridized carbons (Fsp3) is 0.750. The number of rotatable bonds is 12. The standard InChI is InChI=1S/C20H37N3O4S/c1-9-27-20(26)16(6)10-17(14(2)3)23(8)19(25)11-21-18(24)12-22(7)13-28-15(4)5/h10,14-15,17H,9,11-13H2,1-8H3,(H,21,24)/b16-10+/t17-/m1/s1. The van der Waals surface area contributed by atoms with E-state index in [-0.39, 0.29) is 42.8 Å². The molecule has 7 nitrogen and oxygen atoms in total. The molecular formula is C20H37N3O4S. The average molecular weight is 416 g/mol. The molecule has 0 aromatic rings. The largest absolute Gasteiger partial charge is 0.463 e. The fourth-order valence-corrected chi connectivity index (χ4v) is 3.05. The maximum atomic E-state index is 12.5. The van der Waals surface area contributed by atoms with Crippen LogP contribution in [0.25, 0.3) is 0 Å². The molecule has 0 rings (SSSR count). The van der Waals surface area contributed by atoms with Gasteiger partial charge in [-0.3, -0.25) is 14.5 Å². The molecule has 8 heteroatoms. The molecule has 0 aliphatic carbocycles. The molecule has 1 atom stereocenters. The first kappa shape index (κ1) is 26.5. The Morgan fingerprint density at radius 2 is 1.75 bits per heavy atom. The van der Waals surface area contributed by atoms with Crippen LogP contribution in [0, 0.1) is 5.92 Å². The minimum Gasteiger partial charge on any atom is -0.463 e. The van der Waals surface area contributed by atoms with Crippen LogP contribution in [0.2, 0.25) is 0 Å². The van der Waals surface area contributed by atoms with Crippen LogP contribution in [-0.4, -0.2) is 78.5 Å². The summed E-state index contributed by atoms with van der Waals surface area (Å²) in [7, 11) is 3.56. The Bertz CT molecular complexity index is 550. The third kappa shape index (κ3) is 10.7. The zero-order valence-corrected chi connectivity index (χ0v) is 19.4. The van der Waals surface area contributed by atoms with Gasteiger partial charge in [0, 0.05) is 23.7 Å². The van der Waals surface area contributed by atoms with Crippen molar-refractivity contribution in [3.8, 4) is 0 Å². The number of amides is 2. The average Bonchev–Trinajstić information content (AvgIpc) is 2.61. The second kappa shape index (κ2) is 13.6. The number of esters is 1. The highest BCUT2D eigenvalue weighted by Crippen LogP contribution is 2.14. The molecule has 162 valence electrons. The van der Waals surface area contributed by atoms with E-state index in [0.29, 0.717) is 17.4 Å². The molecule has 0 aromatic heterocycles. The maximum Gasteiger partial charge on any atom is 0.333 e. The summed E-state index contributed by atoms with van der Waals surface area (Å²) >= 11 is 1.76. The number of nitrogens with one attached hydrogen (secondary N) is 1. The third-order valence-electron chi connectivity index (χ3n) is 4.02. The Morgan fingerprint density at radius 3 is 2.25 bits per heavy atom. The van der Waals surface area contributed by atoms with Crippen molar-refractivity contribution < 1.29 is 19.1 Å². The molecule has 0 heterocycles. The van der Waals surface area contributed by atoms with Crippen molar-refractivity contribution in [3.63, 3.8) is 0 Å². The van der Waals surface area contributed by atoms with E-state index in [4.69, 9.17) is 4.74 Å². The van der Waals surface area contributed by atoms with Crippen molar-refractivity contribution >= 4 is 29.5 Å². The number of ether oxygens (including phenoxy) is 1. The highest BCUT2D eigenvalue weighted by atomic mass is 32.2. The predicted molar refractivity (Wildman–Crippen MR) is 115 cm³/mol. The van der Waals surface area contributed by atoms with Gasteiger partial charge in [0.25, 0.3) is 0 Å². The van der Waals surface area contributed by atoms with Gasteiger partial charge >= 0.3 is 5.97 Å². The molecule has 0 aliphatic rings. The summed E-state index contributed by atoms with van der Waals surface area (Å²) in [6.07, 6.45) is 1.75. The molecule has 0 saturated heterocycles. The molecule has 28 heavy (non-hydrogen) atoms. The van der Waals surface area contributed by atoms with Gasteiger partial charge < -0.3 is 15.0 Å². The van der Waals surface area contributed by atoms with E-state index in [1.807, 2.05) is 25.8 Å². The number of thioether (sulfide) groups is 1. The van der Waals surface area contributed by atoms with E-state index in [1.54, 1.807) is 43.6 Å². The molecule has 1 N–H and O–H groups in total. The lowest BCUT2D eigenvalue weighted by Gasteiger charge is -2.29.